The molecule has 0 N–H and O–H groups in total. The molecule has 0 aliphatic rings. The summed E-state index contributed by atoms with van der Waals surface area (Å²) in [6.07, 6.45) is 1.75. The Hall–Kier alpha value is -2.82. The standard InChI is InChI=1S/C14H9N3O2/c18-17(19)12-7-5-10(6-8-12)14-15-9-11-3-1-2-4-13(11)16-14/h1-9H. The molecule has 0 saturated carbocycles. The highest BCUT2D eigenvalue weighted by Crippen LogP contribution is 2.21. The van der Waals surface area contributed by atoms with Gasteiger partial charge in [-0.2, -0.15) is 0 Å². The molecule has 0 radical (unpaired) electrons. The van der Waals surface area contributed by atoms with Crippen LogP contribution in [0.3, 0.4) is 0 Å². The number of rotatable bonds is 2. The minimum absolute atomic E-state index is 0.0598. The fourth-order valence-electron chi connectivity index (χ4n) is 1.84. The van der Waals surface area contributed by atoms with E-state index in [1.54, 1.807) is 18.3 Å². The van der Waals surface area contributed by atoms with Gasteiger partial charge in [-0.15, -0.1) is 0 Å². The van der Waals surface area contributed by atoms with E-state index in [-0.39, 0.29) is 5.69 Å². The number of non-ortho nitro benzene ring substituents is 1. The van der Waals surface area contributed by atoms with Crippen LogP contribution in [-0.2, 0) is 0 Å². The number of nitro benzene ring substituents is 1. The largest absolute Gasteiger partial charge is 0.269 e. The van der Waals surface area contributed by atoms with Gasteiger partial charge in [0, 0.05) is 29.3 Å². The number of benzene rings is 2. The Kier molecular flexibility index (Phi) is 2.64. The fourth-order valence-corrected chi connectivity index (χ4v) is 1.84. The van der Waals surface area contributed by atoms with Crippen LogP contribution in [0.15, 0.2) is 54.7 Å². The molecule has 0 atom stereocenters. The van der Waals surface area contributed by atoms with Gasteiger partial charge < -0.3 is 0 Å². The molecule has 0 fully saturated rings. The van der Waals surface area contributed by atoms with Gasteiger partial charge in [-0.3, -0.25) is 10.1 Å². The van der Waals surface area contributed by atoms with Crippen molar-refractivity contribution in [1.29, 1.82) is 0 Å². The van der Waals surface area contributed by atoms with Crippen molar-refractivity contribution in [3.63, 3.8) is 0 Å². The molecule has 92 valence electrons. The zero-order valence-corrected chi connectivity index (χ0v) is 9.85. The van der Waals surface area contributed by atoms with Gasteiger partial charge in [0.15, 0.2) is 5.82 Å². The van der Waals surface area contributed by atoms with E-state index in [4.69, 9.17) is 0 Å². The molecule has 3 aromatic rings. The average molecular weight is 251 g/mol. The SMILES string of the molecule is O=[N+]([O-])c1ccc(-c2ncc3ccccc3n2)cc1. The molecule has 1 heterocycles. The number of aromatic nitrogens is 2. The Bertz CT molecular complexity index is 754. The van der Waals surface area contributed by atoms with Crippen molar-refractivity contribution in [2.24, 2.45) is 0 Å². The second-order valence-electron chi connectivity index (χ2n) is 4.06. The molecule has 0 saturated heterocycles. The zero-order valence-electron chi connectivity index (χ0n) is 9.85. The molecule has 19 heavy (non-hydrogen) atoms. The zero-order chi connectivity index (χ0) is 13.2. The Morgan fingerprint density at radius 1 is 1.00 bits per heavy atom. The van der Waals surface area contributed by atoms with Gasteiger partial charge in [0.05, 0.1) is 10.4 Å². The van der Waals surface area contributed by atoms with Crippen LogP contribution in [-0.4, -0.2) is 14.9 Å². The maximum absolute atomic E-state index is 10.6. The molecule has 1 aromatic heterocycles. The second-order valence-corrected chi connectivity index (χ2v) is 4.06. The summed E-state index contributed by atoms with van der Waals surface area (Å²) in [5.41, 5.74) is 1.67. The minimum atomic E-state index is -0.426. The van der Waals surface area contributed by atoms with Gasteiger partial charge in [0.2, 0.25) is 0 Å². The van der Waals surface area contributed by atoms with Gasteiger partial charge >= 0.3 is 0 Å². The summed E-state index contributed by atoms with van der Waals surface area (Å²) in [6.45, 7) is 0. The van der Waals surface area contributed by atoms with Crippen molar-refractivity contribution >= 4 is 16.6 Å². The summed E-state index contributed by atoms with van der Waals surface area (Å²) < 4.78 is 0. The smallest absolute Gasteiger partial charge is 0.258 e. The number of hydrogen-bond acceptors (Lipinski definition) is 4. The van der Waals surface area contributed by atoms with Crippen LogP contribution in [0.5, 0.6) is 0 Å². The minimum Gasteiger partial charge on any atom is -0.258 e. The van der Waals surface area contributed by atoms with E-state index < -0.39 is 4.92 Å². The van der Waals surface area contributed by atoms with Gasteiger partial charge in [0.1, 0.15) is 0 Å². The van der Waals surface area contributed by atoms with Crippen molar-refractivity contribution in [3.8, 4) is 11.4 Å². The molecule has 0 bridgehead atoms. The van der Waals surface area contributed by atoms with Gasteiger partial charge in [-0.25, -0.2) is 9.97 Å². The Morgan fingerprint density at radius 2 is 1.74 bits per heavy atom. The van der Waals surface area contributed by atoms with Crippen molar-refractivity contribution in [3.05, 3.63) is 64.8 Å². The van der Waals surface area contributed by atoms with Crippen molar-refractivity contribution < 1.29 is 4.92 Å². The summed E-state index contributed by atoms with van der Waals surface area (Å²) in [5, 5.41) is 11.6. The highest BCUT2D eigenvalue weighted by Gasteiger charge is 2.07. The third kappa shape index (κ3) is 2.13. The normalized spacial score (nSPS) is 10.5. The fraction of sp³-hybridized carbons (Fsp3) is 0. The van der Waals surface area contributed by atoms with E-state index >= 15 is 0 Å². The van der Waals surface area contributed by atoms with Crippen LogP contribution in [0, 0.1) is 10.1 Å². The van der Waals surface area contributed by atoms with Crippen molar-refractivity contribution in [1.82, 2.24) is 9.97 Å². The van der Waals surface area contributed by atoms with Crippen molar-refractivity contribution in [2.45, 2.75) is 0 Å². The predicted molar refractivity (Wildman–Crippen MR) is 71.6 cm³/mol. The van der Waals surface area contributed by atoms with Gasteiger partial charge in [-0.1, -0.05) is 18.2 Å². The summed E-state index contributed by atoms with van der Waals surface area (Å²) in [7, 11) is 0. The molecule has 0 unspecified atom stereocenters. The molecule has 3 rings (SSSR count). The summed E-state index contributed by atoms with van der Waals surface area (Å²) >= 11 is 0. The monoisotopic (exact) mass is 251 g/mol. The first-order valence-corrected chi connectivity index (χ1v) is 5.71. The van der Waals surface area contributed by atoms with Crippen LogP contribution in [0.1, 0.15) is 0 Å². The van der Waals surface area contributed by atoms with Crippen LogP contribution < -0.4 is 0 Å². The first-order valence-electron chi connectivity index (χ1n) is 5.71. The molecule has 5 heteroatoms. The van der Waals surface area contributed by atoms with Crippen LogP contribution in [0.2, 0.25) is 0 Å². The maximum atomic E-state index is 10.6. The topological polar surface area (TPSA) is 68.9 Å². The lowest BCUT2D eigenvalue weighted by Gasteiger charge is -2.01. The highest BCUT2D eigenvalue weighted by atomic mass is 16.6. The number of nitro groups is 1. The van der Waals surface area contributed by atoms with E-state index in [2.05, 4.69) is 9.97 Å². The van der Waals surface area contributed by atoms with Crippen LogP contribution in [0.4, 0.5) is 5.69 Å². The molecule has 2 aromatic carbocycles. The molecule has 5 nitrogen and oxygen atoms in total. The summed E-state index contributed by atoms with van der Waals surface area (Å²) in [5.74, 6) is 0.564. The van der Waals surface area contributed by atoms with E-state index in [0.717, 1.165) is 16.5 Å². The van der Waals surface area contributed by atoms with E-state index in [1.807, 2.05) is 24.3 Å². The quantitative estimate of drug-likeness (QED) is 0.518. The lowest BCUT2D eigenvalue weighted by atomic mass is 10.2. The molecule has 0 aliphatic heterocycles. The van der Waals surface area contributed by atoms with Crippen molar-refractivity contribution in [2.75, 3.05) is 0 Å². The Balaban J connectivity index is 2.06. The van der Waals surface area contributed by atoms with Crippen LogP contribution >= 0.6 is 0 Å². The number of para-hydroxylation sites is 1. The van der Waals surface area contributed by atoms with E-state index in [9.17, 15) is 10.1 Å². The first-order chi connectivity index (χ1) is 9.24. The Morgan fingerprint density at radius 3 is 2.47 bits per heavy atom. The number of hydrogen-bond donors (Lipinski definition) is 0. The second kappa shape index (κ2) is 4.45. The maximum Gasteiger partial charge on any atom is 0.269 e. The van der Waals surface area contributed by atoms with Gasteiger partial charge in [0.25, 0.3) is 5.69 Å². The van der Waals surface area contributed by atoms with E-state index in [0.29, 0.717) is 5.82 Å². The number of nitrogens with zero attached hydrogens (tertiary/aromatic N) is 3. The third-order valence-corrected chi connectivity index (χ3v) is 2.83. The number of fused-ring (bicyclic) bond motifs is 1. The highest BCUT2D eigenvalue weighted by molar-refractivity contribution is 5.79. The summed E-state index contributed by atoms with van der Waals surface area (Å²) in [4.78, 5) is 18.9. The van der Waals surface area contributed by atoms with E-state index in [1.165, 1.54) is 12.1 Å². The Labute approximate surface area is 108 Å². The predicted octanol–water partition coefficient (Wildman–Crippen LogP) is 3.21. The lowest BCUT2D eigenvalue weighted by molar-refractivity contribution is -0.384. The molecule has 0 spiro atoms. The summed E-state index contributed by atoms with van der Waals surface area (Å²) in [6, 6.07) is 13.9. The third-order valence-electron chi connectivity index (χ3n) is 2.83. The van der Waals surface area contributed by atoms with Gasteiger partial charge in [-0.05, 0) is 18.2 Å². The first kappa shape index (κ1) is 11.3. The molecule has 0 amide bonds. The molecular weight excluding hydrogens is 242 g/mol. The van der Waals surface area contributed by atoms with Crippen LogP contribution in [0.25, 0.3) is 22.3 Å². The molecule has 0 aliphatic carbocycles. The average Bonchev–Trinajstić information content (AvgIpc) is 2.47. The molecular formula is C14H9N3O2. The lowest BCUT2D eigenvalue weighted by Crippen LogP contribution is -1.91.